The fourth-order valence-corrected chi connectivity index (χ4v) is 3.59. The van der Waals surface area contributed by atoms with Crippen molar-refractivity contribution in [3.63, 3.8) is 0 Å². The summed E-state index contributed by atoms with van der Waals surface area (Å²) >= 11 is 1.53. The Bertz CT molecular complexity index is 496. The Hall–Kier alpha value is -1.56. The lowest BCUT2D eigenvalue weighted by molar-refractivity contribution is 0.0956. The first kappa shape index (κ1) is 13.9. The second kappa shape index (κ2) is 6.06. The number of aryl methyl sites for hydroxylation is 1. The number of thiophene rings is 1. The van der Waals surface area contributed by atoms with Crippen LogP contribution in [0.15, 0.2) is 0 Å². The van der Waals surface area contributed by atoms with E-state index in [4.69, 9.17) is 0 Å². The van der Waals surface area contributed by atoms with Gasteiger partial charge in [-0.25, -0.2) is 4.79 Å². The van der Waals surface area contributed by atoms with E-state index in [1.807, 2.05) is 6.92 Å². The Kier molecular flexibility index (Phi) is 4.42. The molecule has 0 atom stereocenters. The molecular formula is C13H19N3O2S. The molecule has 3 N–H and O–H groups in total. The first-order valence-electron chi connectivity index (χ1n) is 6.58. The molecule has 0 fully saturated rings. The van der Waals surface area contributed by atoms with Crippen molar-refractivity contribution in [3.05, 3.63) is 16.0 Å². The van der Waals surface area contributed by atoms with Gasteiger partial charge in [-0.05, 0) is 38.2 Å². The zero-order valence-electron chi connectivity index (χ0n) is 11.3. The summed E-state index contributed by atoms with van der Waals surface area (Å²) in [6.45, 7) is 2.48. The summed E-state index contributed by atoms with van der Waals surface area (Å²) in [4.78, 5) is 24.9. The highest BCUT2D eigenvalue weighted by molar-refractivity contribution is 7.17. The molecule has 0 bridgehead atoms. The molecule has 1 aromatic rings. The molecule has 1 aliphatic carbocycles. The number of amides is 3. The van der Waals surface area contributed by atoms with Crippen LogP contribution in [0.3, 0.4) is 0 Å². The van der Waals surface area contributed by atoms with Gasteiger partial charge in [0.2, 0.25) is 0 Å². The second-order valence-electron chi connectivity index (χ2n) is 4.48. The average Bonchev–Trinajstić information content (AvgIpc) is 2.76. The van der Waals surface area contributed by atoms with Crippen LogP contribution in [0.2, 0.25) is 0 Å². The number of hydrogen-bond acceptors (Lipinski definition) is 3. The van der Waals surface area contributed by atoms with E-state index in [0.717, 1.165) is 31.2 Å². The van der Waals surface area contributed by atoms with Gasteiger partial charge < -0.3 is 10.6 Å². The van der Waals surface area contributed by atoms with Gasteiger partial charge in [-0.3, -0.25) is 10.1 Å². The molecule has 2 rings (SSSR count). The van der Waals surface area contributed by atoms with Gasteiger partial charge in [0.25, 0.3) is 5.91 Å². The zero-order chi connectivity index (χ0) is 13.8. The molecule has 104 valence electrons. The van der Waals surface area contributed by atoms with Crippen molar-refractivity contribution in [1.29, 1.82) is 0 Å². The average molecular weight is 281 g/mol. The molecule has 0 unspecified atom stereocenters. The Morgan fingerprint density at radius 1 is 1.26 bits per heavy atom. The van der Waals surface area contributed by atoms with Crippen LogP contribution < -0.4 is 16.0 Å². The normalized spacial score (nSPS) is 13.6. The van der Waals surface area contributed by atoms with E-state index >= 15 is 0 Å². The quantitative estimate of drug-likeness (QED) is 0.794. The number of urea groups is 1. The van der Waals surface area contributed by atoms with Crippen molar-refractivity contribution in [1.82, 2.24) is 10.6 Å². The van der Waals surface area contributed by atoms with E-state index in [9.17, 15) is 9.59 Å². The maximum absolute atomic E-state index is 12.2. The van der Waals surface area contributed by atoms with Gasteiger partial charge in [-0.2, -0.15) is 0 Å². The number of carbonyl (C=O) groups excluding carboxylic acids is 2. The summed E-state index contributed by atoms with van der Waals surface area (Å²) < 4.78 is 0. The van der Waals surface area contributed by atoms with Crippen molar-refractivity contribution in [2.75, 3.05) is 18.9 Å². The lowest BCUT2D eigenvalue weighted by Gasteiger charge is -2.12. The summed E-state index contributed by atoms with van der Waals surface area (Å²) in [6, 6.07) is -0.288. The maximum atomic E-state index is 12.2. The van der Waals surface area contributed by atoms with E-state index in [1.165, 1.54) is 16.2 Å². The van der Waals surface area contributed by atoms with Gasteiger partial charge in [-0.15, -0.1) is 11.3 Å². The van der Waals surface area contributed by atoms with Crippen LogP contribution in [0.25, 0.3) is 0 Å². The third-order valence-electron chi connectivity index (χ3n) is 3.19. The molecule has 0 spiro atoms. The summed E-state index contributed by atoms with van der Waals surface area (Å²) in [5, 5.41) is 8.77. The molecule has 0 aromatic carbocycles. The van der Waals surface area contributed by atoms with Crippen LogP contribution in [0.4, 0.5) is 9.80 Å². The SMILES string of the molecule is CCNC(=O)c1c(NC(=O)NC)sc2c1CCCC2. The Balaban J connectivity index is 2.37. The molecule has 6 heteroatoms. The minimum atomic E-state index is -0.288. The van der Waals surface area contributed by atoms with Gasteiger partial charge in [0.05, 0.1) is 5.56 Å². The molecule has 1 aromatic heterocycles. The Morgan fingerprint density at radius 3 is 2.68 bits per heavy atom. The molecule has 0 aliphatic heterocycles. The standard InChI is InChI=1S/C13H19N3O2S/c1-3-15-11(17)10-8-6-4-5-7-9(8)19-12(10)16-13(18)14-2/h3-7H2,1-2H3,(H,15,17)(H2,14,16,18). The van der Waals surface area contributed by atoms with Crippen molar-refractivity contribution in [2.45, 2.75) is 32.6 Å². The zero-order valence-corrected chi connectivity index (χ0v) is 12.1. The number of fused-ring (bicyclic) bond motifs is 1. The molecule has 5 nitrogen and oxygen atoms in total. The van der Waals surface area contributed by atoms with E-state index in [0.29, 0.717) is 17.1 Å². The highest BCUT2D eigenvalue weighted by Crippen LogP contribution is 2.38. The summed E-state index contributed by atoms with van der Waals surface area (Å²) in [5.41, 5.74) is 1.78. The third kappa shape index (κ3) is 2.89. The fourth-order valence-electron chi connectivity index (χ4n) is 2.31. The predicted molar refractivity (Wildman–Crippen MR) is 77.0 cm³/mol. The first-order chi connectivity index (χ1) is 9.17. The summed E-state index contributed by atoms with van der Waals surface area (Å²) in [6.07, 6.45) is 4.19. The van der Waals surface area contributed by atoms with E-state index in [2.05, 4.69) is 16.0 Å². The molecule has 19 heavy (non-hydrogen) atoms. The predicted octanol–water partition coefficient (Wildman–Crippen LogP) is 2.13. The minimum absolute atomic E-state index is 0.0895. The molecule has 1 heterocycles. The number of rotatable bonds is 3. The molecule has 3 amide bonds. The molecule has 0 saturated carbocycles. The Labute approximate surface area is 116 Å². The molecule has 0 saturated heterocycles. The first-order valence-corrected chi connectivity index (χ1v) is 7.40. The van der Waals surface area contributed by atoms with E-state index in [1.54, 1.807) is 7.05 Å². The number of nitrogens with one attached hydrogen (secondary N) is 3. The minimum Gasteiger partial charge on any atom is -0.352 e. The number of anilines is 1. The number of carbonyl (C=O) groups is 2. The topological polar surface area (TPSA) is 70.2 Å². The van der Waals surface area contributed by atoms with Crippen LogP contribution >= 0.6 is 11.3 Å². The second-order valence-corrected chi connectivity index (χ2v) is 5.58. The van der Waals surface area contributed by atoms with Crippen molar-refractivity contribution in [3.8, 4) is 0 Å². The van der Waals surface area contributed by atoms with Crippen molar-refractivity contribution >= 4 is 28.3 Å². The van der Waals surface area contributed by atoms with Crippen LogP contribution in [-0.4, -0.2) is 25.5 Å². The lowest BCUT2D eigenvalue weighted by Crippen LogP contribution is -2.28. The van der Waals surface area contributed by atoms with Gasteiger partial charge in [0.1, 0.15) is 5.00 Å². The maximum Gasteiger partial charge on any atom is 0.319 e. The summed E-state index contributed by atoms with van der Waals surface area (Å²) in [5.74, 6) is -0.0895. The van der Waals surface area contributed by atoms with Crippen LogP contribution in [0, 0.1) is 0 Å². The Morgan fingerprint density at radius 2 is 2.00 bits per heavy atom. The van der Waals surface area contributed by atoms with Crippen LogP contribution in [0.5, 0.6) is 0 Å². The van der Waals surface area contributed by atoms with Crippen molar-refractivity contribution < 1.29 is 9.59 Å². The van der Waals surface area contributed by atoms with Crippen LogP contribution in [0.1, 0.15) is 40.6 Å². The highest BCUT2D eigenvalue weighted by atomic mass is 32.1. The largest absolute Gasteiger partial charge is 0.352 e. The van der Waals surface area contributed by atoms with Gasteiger partial charge in [0, 0.05) is 18.5 Å². The highest BCUT2D eigenvalue weighted by Gasteiger charge is 2.25. The fraction of sp³-hybridized carbons (Fsp3) is 0.538. The summed E-state index contributed by atoms with van der Waals surface area (Å²) in [7, 11) is 1.56. The lowest BCUT2D eigenvalue weighted by atomic mass is 9.95. The molecule has 0 radical (unpaired) electrons. The van der Waals surface area contributed by atoms with Gasteiger partial charge in [0.15, 0.2) is 0 Å². The van der Waals surface area contributed by atoms with Crippen LogP contribution in [-0.2, 0) is 12.8 Å². The third-order valence-corrected chi connectivity index (χ3v) is 4.40. The van der Waals surface area contributed by atoms with E-state index in [-0.39, 0.29) is 11.9 Å². The van der Waals surface area contributed by atoms with E-state index < -0.39 is 0 Å². The van der Waals surface area contributed by atoms with Crippen molar-refractivity contribution in [2.24, 2.45) is 0 Å². The smallest absolute Gasteiger partial charge is 0.319 e. The number of hydrogen-bond donors (Lipinski definition) is 3. The molecular weight excluding hydrogens is 262 g/mol. The van der Waals surface area contributed by atoms with Gasteiger partial charge >= 0.3 is 6.03 Å². The van der Waals surface area contributed by atoms with Gasteiger partial charge in [-0.1, -0.05) is 0 Å². The molecule has 1 aliphatic rings. The monoisotopic (exact) mass is 281 g/mol.